The molecular formula is C12H14ClNO2. The van der Waals surface area contributed by atoms with Crippen molar-refractivity contribution >= 4 is 17.6 Å². The van der Waals surface area contributed by atoms with E-state index >= 15 is 0 Å². The fraction of sp³-hybridized carbons (Fsp3) is 0.417. The van der Waals surface area contributed by atoms with Crippen molar-refractivity contribution < 1.29 is 9.90 Å². The standard InChI is InChI=1S/C12H14ClNO2/c1-14-6-10(11(7-14)12(15)16)8-2-4-9(13)5-3-8/h2-5,10-11H,6-7H2,1H3,(H,15,16)/t10-,11+/m1/s1. The highest BCUT2D eigenvalue weighted by Gasteiger charge is 2.36. The second-order valence-corrected chi connectivity index (χ2v) is 4.76. The maximum absolute atomic E-state index is 11.1. The number of likely N-dealkylation sites (N-methyl/N-ethyl adjacent to an activating group) is 1. The summed E-state index contributed by atoms with van der Waals surface area (Å²) in [5.74, 6) is -0.963. The van der Waals surface area contributed by atoms with E-state index in [1.165, 1.54) is 0 Å². The van der Waals surface area contributed by atoms with Gasteiger partial charge in [-0.05, 0) is 24.7 Å². The second kappa shape index (κ2) is 4.44. The number of aliphatic carboxylic acids is 1. The maximum Gasteiger partial charge on any atom is 0.308 e. The van der Waals surface area contributed by atoms with Gasteiger partial charge in [-0.15, -0.1) is 0 Å². The highest BCUT2D eigenvalue weighted by atomic mass is 35.5. The van der Waals surface area contributed by atoms with E-state index in [9.17, 15) is 4.79 Å². The summed E-state index contributed by atoms with van der Waals surface area (Å²) in [6.07, 6.45) is 0. The van der Waals surface area contributed by atoms with E-state index in [0.29, 0.717) is 11.6 Å². The van der Waals surface area contributed by atoms with Crippen molar-refractivity contribution in [1.29, 1.82) is 0 Å². The van der Waals surface area contributed by atoms with Crippen LogP contribution in [-0.4, -0.2) is 36.1 Å². The van der Waals surface area contributed by atoms with E-state index in [1.54, 1.807) is 0 Å². The first-order chi connectivity index (χ1) is 7.58. The molecule has 1 aliphatic heterocycles. The summed E-state index contributed by atoms with van der Waals surface area (Å²) in [5.41, 5.74) is 1.06. The number of hydrogen-bond donors (Lipinski definition) is 1. The van der Waals surface area contributed by atoms with Gasteiger partial charge >= 0.3 is 5.97 Å². The van der Waals surface area contributed by atoms with Crippen LogP contribution in [0.5, 0.6) is 0 Å². The molecular weight excluding hydrogens is 226 g/mol. The maximum atomic E-state index is 11.1. The van der Waals surface area contributed by atoms with Crippen molar-refractivity contribution in [3.8, 4) is 0 Å². The molecule has 86 valence electrons. The number of hydrogen-bond acceptors (Lipinski definition) is 2. The molecule has 1 saturated heterocycles. The number of halogens is 1. The second-order valence-electron chi connectivity index (χ2n) is 4.32. The predicted octanol–water partition coefficient (Wildman–Crippen LogP) is 2.07. The first kappa shape index (κ1) is 11.4. The van der Waals surface area contributed by atoms with Crippen LogP contribution in [0.1, 0.15) is 11.5 Å². The quantitative estimate of drug-likeness (QED) is 0.859. The van der Waals surface area contributed by atoms with Crippen LogP contribution in [0.25, 0.3) is 0 Å². The SMILES string of the molecule is CN1C[C@H](C(=O)O)[C@@H](c2ccc(Cl)cc2)C1. The van der Waals surface area contributed by atoms with Gasteiger partial charge in [-0.25, -0.2) is 0 Å². The molecule has 1 N–H and O–H groups in total. The first-order valence-corrected chi connectivity index (χ1v) is 5.62. The van der Waals surface area contributed by atoms with E-state index in [4.69, 9.17) is 16.7 Å². The molecule has 2 rings (SSSR count). The molecule has 1 aromatic rings. The Bertz CT molecular complexity index is 391. The molecule has 0 spiro atoms. The van der Waals surface area contributed by atoms with E-state index in [0.717, 1.165) is 12.1 Å². The monoisotopic (exact) mass is 239 g/mol. The molecule has 0 saturated carbocycles. The molecule has 0 unspecified atom stereocenters. The molecule has 0 bridgehead atoms. The van der Waals surface area contributed by atoms with Crippen LogP contribution in [0.3, 0.4) is 0 Å². The molecule has 1 aromatic carbocycles. The molecule has 1 fully saturated rings. The van der Waals surface area contributed by atoms with E-state index in [2.05, 4.69) is 4.90 Å². The summed E-state index contributed by atoms with van der Waals surface area (Å²) in [4.78, 5) is 13.2. The van der Waals surface area contributed by atoms with Gasteiger partial charge in [-0.1, -0.05) is 23.7 Å². The molecule has 16 heavy (non-hydrogen) atoms. The highest BCUT2D eigenvalue weighted by molar-refractivity contribution is 6.30. The Morgan fingerprint density at radius 3 is 2.56 bits per heavy atom. The molecule has 1 heterocycles. The minimum atomic E-state index is -0.718. The third-order valence-corrected chi connectivity index (χ3v) is 3.37. The Morgan fingerprint density at radius 1 is 1.38 bits per heavy atom. The summed E-state index contributed by atoms with van der Waals surface area (Å²) in [6.45, 7) is 1.40. The van der Waals surface area contributed by atoms with Gasteiger partial charge in [0.1, 0.15) is 0 Å². The summed E-state index contributed by atoms with van der Waals surface area (Å²) < 4.78 is 0. The van der Waals surface area contributed by atoms with Gasteiger partial charge in [0.2, 0.25) is 0 Å². The topological polar surface area (TPSA) is 40.5 Å². The van der Waals surface area contributed by atoms with E-state index in [-0.39, 0.29) is 11.8 Å². The minimum absolute atomic E-state index is 0.0692. The van der Waals surface area contributed by atoms with E-state index < -0.39 is 5.97 Å². The largest absolute Gasteiger partial charge is 0.481 e. The molecule has 1 aliphatic rings. The zero-order valence-electron chi connectivity index (χ0n) is 9.06. The number of carbonyl (C=O) groups is 1. The van der Waals surface area contributed by atoms with Crippen LogP contribution in [0.2, 0.25) is 5.02 Å². The fourth-order valence-corrected chi connectivity index (χ4v) is 2.42. The third kappa shape index (κ3) is 2.20. The zero-order chi connectivity index (χ0) is 11.7. The van der Waals surface area contributed by atoms with Gasteiger partial charge in [0.15, 0.2) is 0 Å². The number of carboxylic acid groups (broad SMARTS) is 1. The summed E-state index contributed by atoms with van der Waals surface area (Å²) in [6, 6.07) is 7.46. The van der Waals surface area contributed by atoms with Gasteiger partial charge in [-0.3, -0.25) is 4.79 Å². The highest BCUT2D eigenvalue weighted by Crippen LogP contribution is 2.32. The average Bonchev–Trinajstić information content (AvgIpc) is 2.61. The fourth-order valence-electron chi connectivity index (χ4n) is 2.30. The molecule has 4 heteroatoms. The van der Waals surface area contributed by atoms with Crippen LogP contribution in [0.4, 0.5) is 0 Å². The van der Waals surface area contributed by atoms with Crippen molar-refractivity contribution in [2.24, 2.45) is 5.92 Å². The van der Waals surface area contributed by atoms with Crippen LogP contribution < -0.4 is 0 Å². The van der Waals surface area contributed by atoms with Crippen LogP contribution in [0.15, 0.2) is 24.3 Å². The van der Waals surface area contributed by atoms with Crippen molar-refractivity contribution in [3.05, 3.63) is 34.9 Å². The minimum Gasteiger partial charge on any atom is -0.481 e. The molecule has 0 amide bonds. The Morgan fingerprint density at radius 2 is 2.00 bits per heavy atom. The number of likely N-dealkylation sites (tertiary alicyclic amines) is 1. The zero-order valence-corrected chi connectivity index (χ0v) is 9.81. The number of nitrogens with zero attached hydrogens (tertiary/aromatic N) is 1. The number of carboxylic acids is 1. The normalized spacial score (nSPS) is 25.9. The van der Waals surface area contributed by atoms with Gasteiger partial charge in [-0.2, -0.15) is 0 Å². The summed E-state index contributed by atoms with van der Waals surface area (Å²) >= 11 is 5.82. The average molecular weight is 240 g/mol. The number of benzene rings is 1. The van der Waals surface area contributed by atoms with Crippen molar-refractivity contribution in [3.63, 3.8) is 0 Å². The predicted molar refractivity (Wildman–Crippen MR) is 62.8 cm³/mol. The Labute approximate surface area is 99.6 Å². The van der Waals surface area contributed by atoms with Gasteiger partial charge in [0.05, 0.1) is 5.92 Å². The molecule has 0 aromatic heterocycles. The molecule has 0 aliphatic carbocycles. The van der Waals surface area contributed by atoms with Crippen molar-refractivity contribution in [2.75, 3.05) is 20.1 Å². The lowest BCUT2D eigenvalue weighted by Gasteiger charge is -2.14. The third-order valence-electron chi connectivity index (χ3n) is 3.12. The first-order valence-electron chi connectivity index (χ1n) is 5.24. The van der Waals surface area contributed by atoms with Gasteiger partial charge in [0, 0.05) is 24.0 Å². The summed E-state index contributed by atoms with van der Waals surface area (Å²) in [7, 11) is 1.95. The lowest BCUT2D eigenvalue weighted by Crippen LogP contribution is -2.21. The Balaban J connectivity index is 2.25. The van der Waals surface area contributed by atoms with E-state index in [1.807, 2.05) is 31.3 Å². The number of rotatable bonds is 2. The lowest BCUT2D eigenvalue weighted by molar-refractivity contribution is -0.141. The van der Waals surface area contributed by atoms with Gasteiger partial charge in [0.25, 0.3) is 0 Å². The van der Waals surface area contributed by atoms with Crippen LogP contribution in [-0.2, 0) is 4.79 Å². The van der Waals surface area contributed by atoms with Gasteiger partial charge < -0.3 is 10.0 Å². The van der Waals surface area contributed by atoms with Crippen molar-refractivity contribution in [1.82, 2.24) is 4.90 Å². The van der Waals surface area contributed by atoms with Crippen LogP contribution >= 0.6 is 11.6 Å². The Kier molecular flexibility index (Phi) is 3.17. The van der Waals surface area contributed by atoms with Crippen molar-refractivity contribution in [2.45, 2.75) is 5.92 Å². The molecule has 0 radical (unpaired) electrons. The Hall–Kier alpha value is -1.06. The lowest BCUT2D eigenvalue weighted by atomic mass is 9.89. The van der Waals surface area contributed by atoms with Crippen LogP contribution in [0, 0.1) is 5.92 Å². The molecule has 2 atom stereocenters. The molecule has 3 nitrogen and oxygen atoms in total. The summed E-state index contributed by atoms with van der Waals surface area (Å²) in [5, 5.41) is 9.85. The smallest absolute Gasteiger partial charge is 0.308 e.